The summed E-state index contributed by atoms with van der Waals surface area (Å²) in [4.78, 5) is 0. The normalized spacial score (nSPS) is 14.9. The molecule has 0 nitrogen and oxygen atoms in total. The molecule has 0 bridgehead atoms. The third kappa shape index (κ3) is 2.10. The van der Waals surface area contributed by atoms with Crippen molar-refractivity contribution in [3.63, 3.8) is 0 Å². The van der Waals surface area contributed by atoms with Gasteiger partial charge < -0.3 is 0 Å². The number of benzene rings is 1. The fraction of sp³-hybridized carbons (Fsp3) is 0. The molecule has 1 aromatic carbocycles. The van der Waals surface area contributed by atoms with Crippen molar-refractivity contribution in [3.05, 3.63) is 70.2 Å². The topological polar surface area (TPSA) is 0 Å². The molecular weight excluding hydrogens is 283 g/mol. The summed E-state index contributed by atoms with van der Waals surface area (Å²) in [6.07, 6.45) is 8.27. The molecule has 0 amide bonds. The minimum absolute atomic E-state index is 1.05. The van der Waals surface area contributed by atoms with Crippen LogP contribution in [0, 0.1) is 9.99 Å². The maximum Gasteiger partial charge on any atom is 0.0130 e. The van der Waals surface area contributed by atoms with Crippen LogP contribution in [0.1, 0.15) is 5.56 Å². The summed E-state index contributed by atoms with van der Waals surface area (Å²) in [5.74, 6) is 0. The Morgan fingerprint density at radius 1 is 1.07 bits per heavy atom. The van der Waals surface area contributed by atoms with Gasteiger partial charge >= 0.3 is 0 Å². The Morgan fingerprint density at radius 3 is 2.36 bits per heavy atom. The van der Waals surface area contributed by atoms with Gasteiger partial charge in [-0.2, -0.15) is 12.2 Å². The van der Waals surface area contributed by atoms with Crippen LogP contribution in [0.15, 0.2) is 54.6 Å². The van der Waals surface area contributed by atoms with Gasteiger partial charge in [0.25, 0.3) is 0 Å². The molecule has 0 saturated carbocycles. The second kappa shape index (κ2) is 4.05. The molecule has 1 heteroatoms. The smallest absolute Gasteiger partial charge is 0.0130 e. The van der Waals surface area contributed by atoms with Crippen LogP contribution >= 0.6 is 22.6 Å². The van der Waals surface area contributed by atoms with E-state index in [1.165, 1.54) is 14.7 Å². The molecule has 0 fully saturated rings. The molecule has 0 unspecified atom stereocenters. The summed E-state index contributed by atoms with van der Waals surface area (Å²) in [7, 11) is 0. The van der Waals surface area contributed by atoms with E-state index in [4.69, 9.17) is 0 Å². The molecule has 0 spiro atoms. The molecule has 1 aromatic rings. The first-order valence-corrected chi connectivity index (χ1v) is 5.51. The molecule has 0 radical (unpaired) electrons. The van der Waals surface area contributed by atoms with Gasteiger partial charge in [-0.3, -0.25) is 0 Å². The highest BCUT2D eigenvalue weighted by atomic mass is 127. The van der Waals surface area contributed by atoms with E-state index >= 15 is 0 Å². The predicted octanol–water partition coefficient (Wildman–Crippen LogP) is 4.00. The zero-order chi connectivity index (χ0) is 9.97. The highest BCUT2D eigenvalue weighted by Gasteiger charge is 1.95. The van der Waals surface area contributed by atoms with Crippen molar-refractivity contribution >= 4 is 28.2 Å². The van der Waals surface area contributed by atoms with Crippen molar-refractivity contribution < 1.29 is 0 Å². The number of halogens is 1. The van der Waals surface area contributed by atoms with E-state index in [9.17, 15) is 0 Å². The van der Waals surface area contributed by atoms with Gasteiger partial charge in [-0.25, -0.2) is 0 Å². The van der Waals surface area contributed by atoms with Crippen LogP contribution in [0.3, 0.4) is 0 Å². The van der Waals surface area contributed by atoms with Crippen LogP contribution in [0.2, 0.25) is 0 Å². The first-order valence-electron chi connectivity index (χ1n) is 4.44. The van der Waals surface area contributed by atoms with Gasteiger partial charge in [0.15, 0.2) is 0 Å². The highest BCUT2D eigenvalue weighted by Crippen LogP contribution is 2.22. The summed E-state index contributed by atoms with van der Waals surface area (Å²) in [6, 6.07) is 8.52. The molecule has 14 heavy (non-hydrogen) atoms. The second-order valence-electron chi connectivity index (χ2n) is 3.20. The molecule has 1 aliphatic carbocycles. The number of hydrogen-bond acceptors (Lipinski definition) is 0. The van der Waals surface area contributed by atoms with Crippen molar-refractivity contribution in [2.75, 3.05) is 0 Å². The summed E-state index contributed by atoms with van der Waals surface area (Å²) in [5.41, 5.74) is 3.55. The Morgan fingerprint density at radius 2 is 1.79 bits per heavy atom. The highest BCUT2D eigenvalue weighted by molar-refractivity contribution is 14.1. The lowest BCUT2D eigenvalue weighted by Gasteiger charge is -2.15. The number of allylic oxidation sites excluding steroid dienone is 5. The third-order valence-electron chi connectivity index (χ3n) is 2.13. The minimum atomic E-state index is 1.05. The van der Waals surface area contributed by atoms with Gasteiger partial charge in [0.05, 0.1) is 0 Å². The first-order chi connectivity index (χ1) is 6.75. The van der Waals surface area contributed by atoms with Gasteiger partial charge in [-0.05, 0) is 34.7 Å². The average Bonchev–Trinajstić information content (AvgIpc) is 2.21. The van der Waals surface area contributed by atoms with E-state index in [1.807, 2.05) is 12.5 Å². The standard InChI is InChI=1S/C13H10I/c1-10-2-4-11(5-3-10)12-6-8-13(14)9-7-12/h2-9H,1H2/q-1. The zero-order valence-corrected chi connectivity index (χ0v) is 9.86. The van der Waals surface area contributed by atoms with Crippen LogP contribution in [0.25, 0.3) is 5.57 Å². The largest absolute Gasteiger partial charge is 0.171 e. The fourth-order valence-corrected chi connectivity index (χ4v) is 1.70. The summed E-state index contributed by atoms with van der Waals surface area (Å²) in [5, 5.41) is 0. The third-order valence-corrected chi connectivity index (χ3v) is 2.85. The summed E-state index contributed by atoms with van der Waals surface area (Å²) in [6.45, 7) is 3.87. The average molecular weight is 293 g/mol. The molecule has 0 aliphatic heterocycles. The molecule has 0 saturated heterocycles. The first kappa shape index (κ1) is 9.59. The Hall–Kier alpha value is -0.960. The Labute approximate surface area is 98.2 Å². The van der Waals surface area contributed by atoms with Crippen molar-refractivity contribution in [2.45, 2.75) is 0 Å². The summed E-state index contributed by atoms with van der Waals surface area (Å²) < 4.78 is 1.26. The lowest BCUT2D eigenvalue weighted by Crippen LogP contribution is -1.88. The molecular formula is C13H10I-. The Balaban J connectivity index is 2.29. The molecule has 2 rings (SSSR count). The SMILES string of the molecule is C=C1C=CC(c2ccc(I)cc2)=C[CH-]1. The van der Waals surface area contributed by atoms with Crippen LogP contribution in [-0.4, -0.2) is 0 Å². The quantitative estimate of drug-likeness (QED) is 0.542. The van der Waals surface area contributed by atoms with Crippen LogP contribution in [-0.2, 0) is 0 Å². The minimum Gasteiger partial charge on any atom is -0.171 e. The molecule has 0 N–H and O–H groups in total. The number of rotatable bonds is 1. The lowest BCUT2D eigenvalue weighted by molar-refractivity contribution is 1.51. The van der Waals surface area contributed by atoms with Gasteiger partial charge in [0.1, 0.15) is 0 Å². The van der Waals surface area contributed by atoms with Crippen LogP contribution < -0.4 is 0 Å². The van der Waals surface area contributed by atoms with Crippen LogP contribution in [0.5, 0.6) is 0 Å². The summed E-state index contributed by atoms with van der Waals surface area (Å²) >= 11 is 2.31. The monoisotopic (exact) mass is 293 g/mol. The number of hydrogen-bond donors (Lipinski definition) is 0. The van der Waals surface area contributed by atoms with Gasteiger partial charge in [-0.1, -0.05) is 23.3 Å². The molecule has 0 heterocycles. The van der Waals surface area contributed by atoms with Crippen LogP contribution in [0.4, 0.5) is 0 Å². The predicted molar refractivity (Wildman–Crippen MR) is 69.7 cm³/mol. The van der Waals surface area contributed by atoms with Gasteiger partial charge in [-0.15, -0.1) is 24.6 Å². The zero-order valence-electron chi connectivity index (χ0n) is 7.70. The van der Waals surface area contributed by atoms with Crippen molar-refractivity contribution in [1.29, 1.82) is 0 Å². The molecule has 0 aromatic heterocycles. The van der Waals surface area contributed by atoms with E-state index < -0.39 is 0 Å². The van der Waals surface area contributed by atoms with E-state index in [0.29, 0.717) is 0 Å². The molecule has 1 aliphatic rings. The van der Waals surface area contributed by atoms with Gasteiger partial charge in [0.2, 0.25) is 0 Å². The Bertz CT molecular complexity index is 407. The molecule has 0 atom stereocenters. The van der Waals surface area contributed by atoms with E-state index in [1.54, 1.807) is 0 Å². The van der Waals surface area contributed by atoms with Crippen molar-refractivity contribution in [1.82, 2.24) is 0 Å². The second-order valence-corrected chi connectivity index (χ2v) is 4.45. The van der Waals surface area contributed by atoms with E-state index in [0.717, 1.165) is 5.57 Å². The van der Waals surface area contributed by atoms with Gasteiger partial charge in [0, 0.05) is 3.57 Å². The van der Waals surface area contributed by atoms with E-state index in [2.05, 4.69) is 65.6 Å². The van der Waals surface area contributed by atoms with Crippen molar-refractivity contribution in [2.24, 2.45) is 0 Å². The Kier molecular flexibility index (Phi) is 2.77. The maximum absolute atomic E-state index is 3.87. The fourth-order valence-electron chi connectivity index (χ4n) is 1.34. The van der Waals surface area contributed by atoms with Crippen molar-refractivity contribution in [3.8, 4) is 0 Å². The molecule has 70 valence electrons. The van der Waals surface area contributed by atoms with E-state index in [-0.39, 0.29) is 0 Å². The lowest BCUT2D eigenvalue weighted by atomic mass is 9.98. The maximum atomic E-state index is 3.87.